The van der Waals surface area contributed by atoms with Crippen LogP contribution in [0, 0.1) is 0 Å². The molecule has 1 N–H and O–H groups in total. The van der Waals surface area contributed by atoms with Crippen molar-refractivity contribution in [2.45, 2.75) is 31.1 Å². The smallest absolute Gasteiger partial charge is 0.286 e. The lowest BCUT2D eigenvalue weighted by molar-refractivity contribution is -0.118. The van der Waals surface area contributed by atoms with Crippen molar-refractivity contribution in [1.82, 2.24) is 5.32 Å². The van der Waals surface area contributed by atoms with Gasteiger partial charge < -0.3 is 4.90 Å². The first kappa shape index (κ1) is 16.2. The van der Waals surface area contributed by atoms with E-state index in [1.807, 2.05) is 6.07 Å². The van der Waals surface area contributed by atoms with Gasteiger partial charge in [-0.25, -0.2) is 0 Å². The van der Waals surface area contributed by atoms with E-state index in [0.717, 1.165) is 43.3 Å². The lowest BCUT2D eigenvalue weighted by atomic mass is 9.97. The number of carbonyl (C=O) groups excluding carboxylic acids is 2. The number of fused-ring (bicyclic) bond motifs is 1. The van der Waals surface area contributed by atoms with Gasteiger partial charge in [-0.15, -0.1) is 0 Å². The van der Waals surface area contributed by atoms with E-state index < -0.39 is 0 Å². The van der Waals surface area contributed by atoms with Crippen LogP contribution in [0.4, 0.5) is 10.5 Å². The molecule has 4 rings (SSSR count). The molecule has 0 saturated carbocycles. The van der Waals surface area contributed by atoms with Gasteiger partial charge in [-0.05, 0) is 42.0 Å². The maximum absolute atomic E-state index is 11.8. The van der Waals surface area contributed by atoms with E-state index in [2.05, 4.69) is 52.7 Å². The topological polar surface area (TPSA) is 49.4 Å². The highest BCUT2D eigenvalue weighted by atomic mass is 32.2. The number of carbonyl (C=O) groups is 2. The first-order valence-corrected chi connectivity index (χ1v) is 9.49. The highest BCUT2D eigenvalue weighted by Gasteiger charge is 2.31. The number of imide groups is 1. The Kier molecular flexibility index (Phi) is 4.49. The number of benzene rings is 2. The summed E-state index contributed by atoms with van der Waals surface area (Å²) in [6.07, 6.45) is 2.81. The van der Waals surface area contributed by atoms with Gasteiger partial charge in [0, 0.05) is 18.8 Å². The highest BCUT2D eigenvalue weighted by Crippen LogP contribution is 2.31. The third-order valence-electron chi connectivity index (χ3n) is 4.76. The fourth-order valence-electron chi connectivity index (χ4n) is 3.57. The number of amides is 2. The predicted octanol–water partition coefficient (Wildman–Crippen LogP) is 3.53. The Morgan fingerprint density at radius 3 is 2.68 bits per heavy atom. The molecule has 2 heterocycles. The number of nitrogens with one attached hydrogen (secondary N) is 1. The van der Waals surface area contributed by atoms with Gasteiger partial charge >= 0.3 is 0 Å². The summed E-state index contributed by atoms with van der Waals surface area (Å²) in [5.41, 5.74) is 5.08. The Morgan fingerprint density at radius 1 is 1.08 bits per heavy atom. The molecule has 0 aromatic heterocycles. The van der Waals surface area contributed by atoms with Crippen LogP contribution in [0.1, 0.15) is 23.1 Å². The Hall–Kier alpha value is -2.27. The normalized spacial score (nSPS) is 19.7. The van der Waals surface area contributed by atoms with E-state index in [1.165, 1.54) is 16.8 Å². The third-order valence-corrected chi connectivity index (χ3v) is 5.74. The van der Waals surface area contributed by atoms with Gasteiger partial charge in [0.2, 0.25) is 5.91 Å². The number of nitrogens with zero attached hydrogens (tertiary/aromatic N) is 1. The van der Waals surface area contributed by atoms with Gasteiger partial charge in [-0.3, -0.25) is 14.9 Å². The van der Waals surface area contributed by atoms with Gasteiger partial charge in [0.05, 0.1) is 5.25 Å². The zero-order valence-corrected chi connectivity index (χ0v) is 14.7. The molecule has 1 unspecified atom stereocenters. The summed E-state index contributed by atoms with van der Waals surface area (Å²) >= 11 is 1.10. The van der Waals surface area contributed by atoms with Crippen LogP contribution in [0.25, 0.3) is 0 Å². The van der Waals surface area contributed by atoms with E-state index in [-0.39, 0.29) is 16.4 Å². The number of thioether (sulfide) groups is 1. The number of hydrogen-bond donors (Lipinski definition) is 1. The maximum atomic E-state index is 11.8. The summed E-state index contributed by atoms with van der Waals surface area (Å²) in [5, 5.41) is 1.83. The second kappa shape index (κ2) is 6.92. The molecule has 2 aliphatic heterocycles. The molecule has 128 valence electrons. The molecule has 4 nitrogen and oxygen atoms in total. The molecule has 2 aromatic carbocycles. The Morgan fingerprint density at radius 2 is 1.92 bits per heavy atom. The second-order valence-corrected chi connectivity index (χ2v) is 7.74. The quantitative estimate of drug-likeness (QED) is 0.914. The molecule has 2 amide bonds. The minimum Gasteiger partial charge on any atom is -0.367 e. The molecule has 5 heteroatoms. The van der Waals surface area contributed by atoms with Crippen molar-refractivity contribution in [2.24, 2.45) is 0 Å². The third kappa shape index (κ3) is 3.56. The number of rotatable bonds is 4. The van der Waals surface area contributed by atoms with Crippen molar-refractivity contribution >= 4 is 28.6 Å². The second-order valence-electron chi connectivity index (χ2n) is 6.56. The Labute approximate surface area is 151 Å². The summed E-state index contributed by atoms with van der Waals surface area (Å²) in [4.78, 5) is 25.5. The molecule has 2 aliphatic rings. The molecule has 0 spiro atoms. The van der Waals surface area contributed by atoms with Crippen molar-refractivity contribution in [3.63, 3.8) is 0 Å². The van der Waals surface area contributed by atoms with Crippen LogP contribution >= 0.6 is 11.8 Å². The molecule has 2 aromatic rings. The molecule has 1 fully saturated rings. The average Bonchev–Trinajstić information content (AvgIpc) is 2.93. The molecule has 0 radical (unpaired) electrons. The molecular formula is C20H20N2O2S. The molecule has 0 aliphatic carbocycles. The van der Waals surface area contributed by atoms with Crippen molar-refractivity contribution in [1.29, 1.82) is 0 Å². The van der Waals surface area contributed by atoms with Gasteiger partial charge in [0.1, 0.15) is 0 Å². The Balaban J connectivity index is 1.52. The fourth-order valence-corrected chi connectivity index (χ4v) is 4.42. The van der Waals surface area contributed by atoms with Crippen LogP contribution in [0.5, 0.6) is 0 Å². The molecular weight excluding hydrogens is 332 g/mol. The van der Waals surface area contributed by atoms with Crippen molar-refractivity contribution in [2.75, 3.05) is 11.4 Å². The summed E-state index contributed by atoms with van der Waals surface area (Å²) in [5.74, 6) is -0.168. The SMILES string of the molecule is O=C1NC(=O)C(Cc2ccc3c(c2)CCCN3Cc2ccccc2)S1. The van der Waals surface area contributed by atoms with Gasteiger partial charge in [-0.1, -0.05) is 54.2 Å². The minimum absolute atomic E-state index is 0.168. The van der Waals surface area contributed by atoms with Crippen LogP contribution < -0.4 is 10.2 Å². The van der Waals surface area contributed by atoms with Crippen LogP contribution in [0.2, 0.25) is 0 Å². The maximum Gasteiger partial charge on any atom is 0.286 e. The first-order valence-electron chi connectivity index (χ1n) is 8.61. The summed E-state index contributed by atoms with van der Waals surface area (Å²) < 4.78 is 0. The van der Waals surface area contributed by atoms with Crippen molar-refractivity contribution < 1.29 is 9.59 Å². The largest absolute Gasteiger partial charge is 0.367 e. The van der Waals surface area contributed by atoms with E-state index >= 15 is 0 Å². The number of anilines is 1. The fraction of sp³-hybridized carbons (Fsp3) is 0.300. The van der Waals surface area contributed by atoms with Crippen LogP contribution in [0.3, 0.4) is 0 Å². The van der Waals surface area contributed by atoms with Gasteiger partial charge in [0.25, 0.3) is 5.24 Å². The standard InChI is InChI=1S/C20H20N2O2S/c23-19-18(25-20(24)21-19)12-15-8-9-17-16(11-15)7-4-10-22(17)13-14-5-2-1-3-6-14/h1-3,5-6,8-9,11,18H,4,7,10,12-13H2,(H,21,23,24). The van der Waals surface area contributed by atoms with Crippen LogP contribution in [-0.2, 0) is 24.2 Å². The zero-order chi connectivity index (χ0) is 17.2. The monoisotopic (exact) mass is 352 g/mol. The van der Waals surface area contributed by atoms with E-state index in [9.17, 15) is 9.59 Å². The Bertz CT molecular complexity index is 807. The average molecular weight is 352 g/mol. The number of hydrogen-bond acceptors (Lipinski definition) is 4. The lowest BCUT2D eigenvalue weighted by Gasteiger charge is -2.32. The highest BCUT2D eigenvalue weighted by molar-refractivity contribution is 8.15. The van der Waals surface area contributed by atoms with Crippen molar-refractivity contribution in [3.8, 4) is 0 Å². The van der Waals surface area contributed by atoms with E-state index in [1.54, 1.807) is 0 Å². The summed E-state index contributed by atoms with van der Waals surface area (Å²) in [6.45, 7) is 1.99. The lowest BCUT2D eigenvalue weighted by Crippen LogP contribution is -2.29. The van der Waals surface area contributed by atoms with E-state index in [4.69, 9.17) is 0 Å². The van der Waals surface area contributed by atoms with Gasteiger partial charge in [0.15, 0.2) is 0 Å². The van der Waals surface area contributed by atoms with E-state index in [0.29, 0.717) is 6.42 Å². The minimum atomic E-state index is -0.297. The summed E-state index contributed by atoms with van der Waals surface area (Å²) in [7, 11) is 0. The predicted molar refractivity (Wildman–Crippen MR) is 101 cm³/mol. The van der Waals surface area contributed by atoms with Crippen molar-refractivity contribution in [3.05, 3.63) is 65.2 Å². The van der Waals surface area contributed by atoms with Crippen LogP contribution in [0.15, 0.2) is 48.5 Å². The van der Waals surface area contributed by atoms with Crippen LogP contribution in [-0.4, -0.2) is 22.9 Å². The first-order chi connectivity index (χ1) is 12.2. The van der Waals surface area contributed by atoms with Gasteiger partial charge in [-0.2, -0.15) is 0 Å². The number of aryl methyl sites for hydroxylation is 1. The molecule has 1 saturated heterocycles. The molecule has 1 atom stereocenters. The zero-order valence-electron chi connectivity index (χ0n) is 13.9. The molecule has 0 bridgehead atoms. The molecule has 25 heavy (non-hydrogen) atoms. The summed E-state index contributed by atoms with van der Waals surface area (Å²) in [6, 6.07) is 17.0.